The number of nitrogen functional groups attached to an aromatic ring is 1. The summed E-state index contributed by atoms with van der Waals surface area (Å²) in [6.07, 6.45) is 6.91. The monoisotopic (exact) mass is 500 g/mol. The van der Waals surface area contributed by atoms with Crippen molar-refractivity contribution >= 4 is 34.4 Å². The van der Waals surface area contributed by atoms with Gasteiger partial charge in [0.05, 0.1) is 11.7 Å². The Kier molecular flexibility index (Phi) is 6.88. The molecule has 0 spiro atoms. The standard InChI is InChI=1S/C25H28N10O2/c1-17-4-2-5-18-14-19(15-29-25(37)22-23(26)28-7-6-27-22)24(31-21(17)18)34-10-3-9-33(12-13-34)20(36)16-35-11-8-30-32-35/h2,4-8,11,14H,3,9-10,12-13,15-16H2,1H3,(H2,26,28)(H,29,37). The Morgan fingerprint density at radius 3 is 2.76 bits per heavy atom. The molecule has 1 saturated heterocycles. The molecule has 5 rings (SSSR count). The Bertz CT molecular complexity index is 1420. The zero-order valence-corrected chi connectivity index (χ0v) is 20.5. The highest BCUT2D eigenvalue weighted by atomic mass is 16.2. The van der Waals surface area contributed by atoms with E-state index in [2.05, 4.69) is 36.6 Å². The Morgan fingerprint density at radius 1 is 1.08 bits per heavy atom. The number of hydrogen-bond acceptors (Lipinski definition) is 9. The van der Waals surface area contributed by atoms with Crippen LogP contribution >= 0.6 is 0 Å². The number of anilines is 2. The summed E-state index contributed by atoms with van der Waals surface area (Å²) in [7, 11) is 0. The third-order valence-corrected chi connectivity index (χ3v) is 6.40. The number of pyridine rings is 1. The molecular weight excluding hydrogens is 472 g/mol. The van der Waals surface area contributed by atoms with E-state index in [1.807, 2.05) is 30.0 Å². The van der Waals surface area contributed by atoms with Gasteiger partial charge in [-0.1, -0.05) is 23.4 Å². The summed E-state index contributed by atoms with van der Waals surface area (Å²) in [5.74, 6) is 0.473. The molecule has 190 valence electrons. The first kappa shape index (κ1) is 24.1. The molecule has 0 bridgehead atoms. The van der Waals surface area contributed by atoms with Crippen molar-refractivity contribution in [1.82, 2.24) is 40.2 Å². The fourth-order valence-electron chi connectivity index (χ4n) is 4.50. The van der Waals surface area contributed by atoms with Crippen molar-refractivity contribution in [2.45, 2.75) is 26.4 Å². The number of nitrogens with two attached hydrogens (primary N) is 1. The molecule has 3 aromatic heterocycles. The van der Waals surface area contributed by atoms with Gasteiger partial charge < -0.3 is 20.9 Å². The van der Waals surface area contributed by atoms with Crippen LogP contribution in [0.5, 0.6) is 0 Å². The van der Waals surface area contributed by atoms with Crippen LogP contribution in [0.2, 0.25) is 0 Å². The predicted molar refractivity (Wildman–Crippen MR) is 138 cm³/mol. The third kappa shape index (κ3) is 5.32. The van der Waals surface area contributed by atoms with Crippen molar-refractivity contribution in [2.24, 2.45) is 0 Å². The molecular formula is C25H28N10O2. The van der Waals surface area contributed by atoms with Gasteiger partial charge in [0.15, 0.2) is 11.5 Å². The molecule has 0 aliphatic carbocycles. The van der Waals surface area contributed by atoms with Crippen molar-refractivity contribution in [1.29, 1.82) is 0 Å². The van der Waals surface area contributed by atoms with Gasteiger partial charge in [-0.05, 0) is 25.0 Å². The second-order valence-electron chi connectivity index (χ2n) is 8.91. The largest absolute Gasteiger partial charge is 0.382 e. The van der Waals surface area contributed by atoms with Crippen molar-refractivity contribution < 1.29 is 9.59 Å². The number of nitrogens with zero attached hydrogens (tertiary/aromatic N) is 8. The molecule has 0 atom stereocenters. The Labute approximate surface area is 213 Å². The number of amides is 2. The molecule has 1 aliphatic heterocycles. The summed E-state index contributed by atoms with van der Waals surface area (Å²) in [5.41, 5.74) is 8.77. The molecule has 1 aromatic carbocycles. The fourth-order valence-corrected chi connectivity index (χ4v) is 4.50. The zero-order chi connectivity index (χ0) is 25.8. The summed E-state index contributed by atoms with van der Waals surface area (Å²) in [6, 6.07) is 8.10. The average Bonchev–Trinajstić information content (AvgIpc) is 3.28. The number of nitrogens with one attached hydrogen (secondary N) is 1. The van der Waals surface area contributed by atoms with E-state index in [1.54, 1.807) is 12.4 Å². The van der Waals surface area contributed by atoms with E-state index in [-0.39, 0.29) is 30.5 Å². The molecule has 37 heavy (non-hydrogen) atoms. The maximum absolute atomic E-state index is 12.8. The van der Waals surface area contributed by atoms with Gasteiger partial charge in [-0.25, -0.2) is 19.6 Å². The van der Waals surface area contributed by atoms with E-state index in [9.17, 15) is 9.59 Å². The van der Waals surface area contributed by atoms with Gasteiger partial charge in [0.25, 0.3) is 5.91 Å². The maximum Gasteiger partial charge on any atom is 0.273 e. The number of fused-ring (bicyclic) bond motifs is 1. The van der Waals surface area contributed by atoms with Crippen LogP contribution in [0, 0.1) is 6.92 Å². The van der Waals surface area contributed by atoms with Crippen LogP contribution in [-0.4, -0.2) is 72.8 Å². The first-order valence-corrected chi connectivity index (χ1v) is 12.1. The lowest BCUT2D eigenvalue weighted by atomic mass is 10.1. The van der Waals surface area contributed by atoms with Gasteiger partial charge in [-0.2, -0.15) is 0 Å². The molecule has 0 saturated carbocycles. The minimum absolute atomic E-state index is 0.00344. The summed E-state index contributed by atoms with van der Waals surface area (Å²) in [6.45, 7) is 4.99. The highest BCUT2D eigenvalue weighted by Gasteiger charge is 2.23. The molecule has 1 aliphatic rings. The van der Waals surface area contributed by atoms with Crippen LogP contribution in [0.3, 0.4) is 0 Å². The van der Waals surface area contributed by atoms with Crippen molar-refractivity contribution in [3.8, 4) is 0 Å². The smallest absolute Gasteiger partial charge is 0.273 e. The second-order valence-corrected chi connectivity index (χ2v) is 8.91. The third-order valence-electron chi connectivity index (χ3n) is 6.40. The first-order valence-electron chi connectivity index (χ1n) is 12.1. The number of rotatable bonds is 6. The first-order chi connectivity index (χ1) is 18.0. The number of carbonyl (C=O) groups excluding carboxylic acids is 2. The van der Waals surface area contributed by atoms with E-state index in [0.29, 0.717) is 19.6 Å². The highest BCUT2D eigenvalue weighted by molar-refractivity contribution is 5.96. The predicted octanol–water partition coefficient (Wildman–Crippen LogP) is 1.18. The second kappa shape index (κ2) is 10.6. The number of aromatic nitrogens is 6. The van der Waals surface area contributed by atoms with Crippen LogP contribution in [0.15, 0.2) is 49.1 Å². The molecule has 3 N–H and O–H groups in total. The Hall–Kier alpha value is -4.61. The number of benzene rings is 1. The molecule has 12 heteroatoms. The van der Waals surface area contributed by atoms with Crippen LogP contribution in [0.25, 0.3) is 10.9 Å². The number of aryl methyl sites for hydroxylation is 1. The van der Waals surface area contributed by atoms with Gasteiger partial charge >= 0.3 is 0 Å². The van der Waals surface area contributed by atoms with Crippen LogP contribution in [-0.2, 0) is 17.9 Å². The lowest BCUT2D eigenvalue weighted by molar-refractivity contribution is -0.131. The molecule has 12 nitrogen and oxygen atoms in total. The summed E-state index contributed by atoms with van der Waals surface area (Å²) in [4.78, 5) is 42.7. The van der Waals surface area contributed by atoms with Crippen molar-refractivity contribution in [3.63, 3.8) is 0 Å². The SMILES string of the molecule is Cc1cccc2cc(CNC(=O)c3nccnc3N)c(N3CCCN(C(=O)Cn4ccnn4)CC3)nc12. The molecule has 4 aromatic rings. The van der Waals surface area contributed by atoms with E-state index in [1.165, 1.54) is 17.1 Å². The molecule has 0 radical (unpaired) electrons. The van der Waals surface area contributed by atoms with Gasteiger partial charge in [0.1, 0.15) is 12.4 Å². The Balaban J connectivity index is 1.38. The minimum atomic E-state index is -0.401. The minimum Gasteiger partial charge on any atom is -0.382 e. The van der Waals surface area contributed by atoms with E-state index < -0.39 is 5.91 Å². The van der Waals surface area contributed by atoms with Gasteiger partial charge in [0.2, 0.25) is 5.91 Å². The quantitative estimate of drug-likeness (QED) is 0.398. The summed E-state index contributed by atoms with van der Waals surface area (Å²) >= 11 is 0. The van der Waals surface area contributed by atoms with E-state index in [0.717, 1.165) is 40.8 Å². The number of carbonyl (C=O) groups is 2. The van der Waals surface area contributed by atoms with Crippen molar-refractivity contribution in [2.75, 3.05) is 36.8 Å². The Morgan fingerprint density at radius 2 is 1.95 bits per heavy atom. The number of para-hydroxylation sites is 1. The van der Waals surface area contributed by atoms with E-state index in [4.69, 9.17) is 10.7 Å². The normalized spacial score (nSPS) is 14.0. The molecule has 0 unspecified atom stereocenters. The lowest BCUT2D eigenvalue weighted by Gasteiger charge is -2.26. The summed E-state index contributed by atoms with van der Waals surface area (Å²) in [5, 5.41) is 11.6. The number of hydrogen-bond donors (Lipinski definition) is 2. The van der Waals surface area contributed by atoms with Gasteiger partial charge in [-0.15, -0.1) is 5.10 Å². The van der Waals surface area contributed by atoms with Crippen LogP contribution in [0.4, 0.5) is 11.6 Å². The topological polar surface area (TPSA) is 148 Å². The zero-order valence-electron chi connectivity index (χ0n) is 20.5. The maximum atomic E-state index is 12.8. The lowest BCUT2D eigenvalue weighted by Crippen LogP contribution is -2.37. The van der Waals surface area contributed by atoms with Gasteiger partial charge in [-0.3, -0.25) is 9.59 Å². The highest BCUT2D eigenvalue weighted by Crippen LogP contribution is 2.27. The van der Waals surface area contributed by atoms with E-state index >= 15 is 0 Å². The summed E-state index contributed by atoms with van der Waals surface area (Å²) < 4.78 is 1.53. The van der Waals surface area contributed by atoms with Crippen LogP contribution in [0.1, 0.15) is 28.0 Å². The molecule has 1 fully saturated rings. The average molecular weight is 501 g/mol. The van der Waals surface area contributed by atoms with Crippen molar-refractivity contribution in [3.05, 3.63) is 65.9 Å². The molecule has 2 amide bonds. The van der Waals surface area contributed by atoms with Gasteiger partial charge in [0, 0.05) is 62.3 Å². The molecule has 4 heterocycles. The van der Waals surface area contributed by atoms with Crippen LogP contribution < -0.4 is 16.0 Å². The fraction of sp³-hybridized carbons (Fsp3) is 0.320.